The van der Waals surface area contributed by atoms with Gasteiger partial charge < -0.3 is 10.1 Å². The molecule has 2 heterocycles. The van der Waals surface area contributed by atoms with Crippen LogP contribution in [-0.4, -0.2) is 24.7 Å². The number of hydrogen-bond acceptors (Lipinski definition) is 3. The Bertz CT molecular complexity index is 401. The number of ether oxygens (including phenoxy) is 1. The van der Waals surface area contributed by atoms with E-state index in [9.17, 15) is 0 Å². The standard InChI is InChI=1S/C13H17NOS/c1-13(8-16-9-13)7-15-12-4-2-3-11-10(12)5-6-14-11/h2-4,14H,5-9H2,1H3. The van der Waals surface area contributed by atoms with Gasteiger partial charge in [-0.05, 0) is 18.6 Å². The van der Waals surface area contributed by atoms with Crippen LogP contribution in [0.2, 0.25) is 0 Å². The van der Waals surface area contributed by atoms with Gasteiger partial charge in [0.2, 0.25) is 0 Å². The predicted molar refractivity (Wildman–Crippen MR) is 69.6 cm³/mol. The van der Waals surface area contributed by atoms with E-state index in [2.05, 4.69) is 30.4 Å². The SMILES string of the molecule is CC1(COc2cccc3c2CCN3)CSC1. The van der Waals surface area contributed by atoms with Gasteiger partial charge in [0.05, 0.1) is 6.61 Å². The van der Waals surface area contributed by atoms with Crippen LogP contribution in [0.25, 0.3) is 0 Å². The second kappa shape index (κ2) is 3.88. The molecule has 1 saturated heterocycles. The van der Waals surface area contributed by atoms with Crippen molar-refractivity contribution >= 4 is 17.4 Å². The third kappa shape index (κ3) is 1.77. The summed E-state index contributed by atoms with van der Waals surface area (Å²) >= 11 is 2.01. The summed E-state index contributed by atoms with van der Waals surface area (Å²) in [5, 5.41) is 3.38. The van der Waals surface area contributed by atoms with Crippen molar-refractivity contribution in [3.05, 3.63) is 23.8 Å². The quantitative estimate of drug-likeness (QED) is 0.870. The third-order valence-corrected chi connectivity index (χ3v) is 5.10. The zero-order chi connectivity index (χ0) is 11.0. The smallest absolute Gasteiger partial charge is 0.124 e. The molecule has 1 aromatic carbocycles. The maximum absolute atomic E-state index is 6.00. The molecule has 2 aliphatic rings. The minimum absolute atomic E-state index is 0.402. The zero-order valence-electron chi connectivity index (χ0n) is 9.58. The van der Waals surface area contributed by atoms with Gasteiger partial charge in [0, 0.05) is 34.7 Å². The van der Waals surface area contributed by atoms with Crippen molar-refractivity contribution < 1.29 is 4.74 Å². The molecule has 0 aromatic heterocycles. The van der Waals surface area contributed by atoms with Gasteiger partial charge in [-0.25, -0.2) is 0 Å². The Morgan fingerprint density at radius 3 is 3.06 bits per heavy atom. The molecule has 3 heteroatoms. The normalized spacial score (nSPS) is 20.8. The van der Waals surface area contributed by atoms with Gasteiger partial charge >= 0.3 is 0 Å². The molecule has 16 heavy (non-hydrogen) atoms. The Kier molecular flexibility index (Phi) is 2.51. The molecule has 0 radical (unpaired) electrons. The minimum Gasteiger partial charge on any atom is -0.493 e. The number of hydrogen-bond donors (Lipinski definition) is 1. The van der Waals surface area contributed by atoms with Gasteiger partial charge in [0.15, 0.2) is 0 Å². The number of benzene rings is 1. The first kappa shape index (κ1) is 10.3. The van der Waals surface area contributed by atoms with Crippen molar-refractivity contribution in [1.29, 1.82) is 0 Å². The Hall–Kier alpha value is -0.830. The van der Waals surface area contributed by atoms with E-state index >= 15 is 0 Å². The molecule has 0 aliphatic carbocycles. The molecule has 1 N–H and O–H groups in total. The number of fused-ring (bicyclic) bond motifs is 1. The molecule has 0 atom stereocenters. The van der Waals surface area contributed by atoms with E-state index in [-0.39, 0.29) is 0 Å². The highest BCUT2D eigenvalue weighted by atomic mass is 32.2. The summed E-state index contributed by atoms with van der Waals surface area (Å²) in [6.45, 7) is 4.21. The molecule has 3 rings (SSSR count). The monoisotopic (exact) mass is 235 g/mol. The fourth-order valence-corrected chi connectivity index (χ4v) is 3.30. The van der Waals surface area contributed by atoms with Crippen molar-refractivity contribution in [3.63, 3.8) is 0 Å². The van der Waals surface area contributed by atoms with E-state index < -0.39 is 0 Å². The van der Waals surface area contributed by atoms with Gasteiger partial charge in [0.25, 0.3) is 0 Å². The van der Waals surface area contributed by atoms with Crippen molar-refractivity contribution in [2.24, 2.45) is 5.41 Å². The second-order valence-corrected chi connectivity index (χ2v) is 6.04. The lowest BCUT2D eigenvalue weighted by Gasteiger charge is -2.37. The van der Waals surface area contributed by atoms with Crippen LogP contribution < -0.4 is 10.1 Å². The van der Waals surface area contributed by atoms with Crippen LogP contribution in [0.3, 0.4) is 0 Å². The molecule has 2 nitrogen and oxygen atoms in total. The largest absolute Gasteiger partial charge is 0.493 e. The average molecular weight is 235 g/mol. The fourth-order valence-electron chi connectivity index (χ4n) is 2.23. The average Bonchev–Trinajstić information content (AvgIpc) is 2.72. The van der Waals surface area contributed by atoms with Crippen molar-refractivity contribution in [2.45, 2.75) is 13.3 Å². The summed E-state index contributed by atoms with van der Waals surface area (Å²) in [6, 6.07) is 6.31. The van der Waals surface area contributed by atoms with Crippen molar-refractivity contribution in [1.82, 2.24) is 0 Å². The van der Waals surface area contributed by atoms with E-state index in [1.807, 2.05) is 11.8 Å². The minimum atomic E-state index is 0.402. The van der Waals surface area contributed by atoms with Crippen molar-refractivity contribution in [2.75, 3.05) is 30.0 Å². The highest BCUT2D eigenvalue weighted by Crippen LogP contribution is 2.39. The van der Waals surface area contributed by atoms with Crippen LogP contribution in [0.5, 0.6) is 5.75 Å². The number of thioether (sulfide) groups is 1. The molecule has 1 aromatic rings. The Morgan fingerprint density at radius 1 is 1.44 bits per heavy atom. The third-order valence-electron chi connectivity index (χ3n) is 3.30. The van der Waals surface area contributed by atoms with Crippen LogP contribution >= 0.6 is 11.8 Å². The van der Waals surface area contributed by atoms with Crippen LogP contribution in [0, 0.1) is 5.41 Å². The van der Waals surface area contributed by atoms with Gasteiger partial charge in [-0.1, -0.05) is 13.0 Å². The van der Waals surface area contributed by atoms with Crippen molar-refractivity contribution in [3.8, 4) is 5.75 Å². The number of nitrogens with one attached hydrogen (secondary N) is 1. The molecular weight excluding hydrogens is 218 g/mol. The van der Waals surface area contributed by atoms with E-state index in [0.29, 0.717) is 5.41 Å². The summed E-state index contributed by atoms with van der Waals surface area (Å²) in [6.07, 6.45) is 1.09. The van der Waals surface area contributed by atoms with Crippen LogP contribution in [-0.2, 0) is 6.42 Å². The molecule has 0 saturated carbocycles. The Labute approximate surface area is 101 Å². The Morgan fingerprint density at radius 2 is 2.31 bits per heavy atom. The highest BCUT2D eigenvalue weighted by molar-refractivity contribution is 8.00. The van der Waals surface area contributed by atoms with Gasteiger partial charge in [-0.15, -0.1) is 0 Å². The molecule has 1 fully saturated rings. The van der Waals surface area contributed by atoms with Crippen LogP contribution in [0.4, 0.5) is 5.69 Å². The summed E-state index contributed by atoms with van der Waals surface area (Å²) < 4.78 is 6.00. The first-order chi connectivity index (χ1) is 7.77. The number of anilines is 1. The van der Waals surface area contributed by atoms with E-state index in [0.717, 1.165) is 25.3 Å². The molecule has 0 unspecified atom stereocenters. The second-order valence-electron chi connectivity index (χ2n) is 5.05. The zero-order valence-corrected chi connectivity index (χ0v) is 10.4. The van der Waals surface area contributed by atoms with Crippen LogP contribution in [0.1, 0.15) is 12.5 Å². The van der Waals surface area contributed by atoms with E-state index in [4.69, 9.17) is 4.74 Å². The molecular formula is C13H17NOS. The molecule has 0 bridgehead atoms. The van der Waals surface area contributed by atoms with Gasteiger partial charge in [-0.3, -0.25) is 0 Å². The first-order valence-corrected chi connectivity index (χ1v) is 6.99. The summed E-state index contributed by atoms with van der Waals surface area (Å²) in [4.78, 5) is 0. The summed E-state index contributed by atoms with van der Waals surface area (Å²) in [5.41, 5.74) is 3.02. The number of rotatable bonds is 3. The fraction of sp³-hybridized carbons (Fsp3) is 0.538. The maximum Gasteiger partial charge on any atom is 0.124 e. The lowest BCUT2D eigenvalue weighted by atomic mass is 9.96. The lowest BCUT2D eigenvalue weighted by molar-refractivity contribution is 0.195. The molecule has 2 aliphatic heterocycles. The van der Waals surface area contributed by atoms with Gasteiger partial charge in [0.1, 0.15) is 5.75 Å². The molecule has 86 valence electrons. The maximum atomic E-state index is 6.00. The molecule has 0 spiro atoms. The highest BCUT2D eigenvalue weighted by Gasteiger charge is 2.33. The first-order valence-electron chi connectivity index (χ1n) is 5.83. The summed E-state index contributed by atoms with van der Waals surface area (Å²) in [5.74, 6) is 3.56. The van der Waals surface area contributed by atoms with Crippen LogP contribution in [0.15, 0.2) is 18.2 Å². The predicted octanol–water partition coefficient (Wildman–Crippen LogP) is 2.79. The van der Waals surface area contributed by atoms with Gasteiger partial charge in [-0.2, -0.15) is 11.8 Å². The summed E-state index contributed by atoms with van der Waals surface area (Å²) in [7, 11) is 0. The lowest BCUT2D eigenvalue weighted by Crippen LogP contribution is -2.38. The topological polar surface area (TPSA) is 21.3 Å². The Balaban J connectivity index is 1.72. The van der Waals surface area contributed by atoms with E-state index in [1.54, 1.807) is 0 Å². The van der Waals surface area contributed by atoms with E-state index in [1.165, 1.54) is 22.8 Å². The molecule has 0 amide bonds.